The molecule has 0 bridgehead atoms. The molecule has 0 spiro atoms. The van der Waals surface area contributed by atoms with Gasteiger partial charge in [0.05, 0.1) is 0 Å². The third-order valence-corrected chi connectivity index (χ3v) is 3.20. The van der Waals surface area contributed by atoms with Gasteiger partial charge in [0.2, 0.25) is 5.95 Å². The van der Waals surface area contributed by atoms with Crippen LogP contribution in [0.4, 0.5) is 4.39 Å². The Balaban J connectivity index is 1.79. The zero-order valence-electron chi connectivity index (χ0n) is 10.4. The molecule has 1 aliphatic heterocycles. The molecule has 0 unspecified atom stereocenters. The van der Waals surface area contributed by atoms with Crippen LogP contribution in [0, 0.1) is 5.95 Å². The van der Waals surface area contributed by atoms with Crippen LogP contribution < -0.4 is 0 Å². The molecule has 2 rings (SSSR count). The van der Waals surface area contributed by atoms with Gasteiger partial charge in [0.25, 0.3) is 0 Å². The summed E-state index contributed by atoms with van der Waals surface area (Å²) in [4.78, 5) is 8.59. The highest BCUT2D eigenvalue weighted by Gasteiger charge is 2.15. The zero-order chi connectivity index (χ0) is 12.1. The van der Waals surface area contributed by atoms with Crippen molar-refractivity contribution in [3.63, 3.8) is 0 Å². The molecule has 0 aliphatic carbocycles. The molecule has 17 heavy (non-hydrogen) atoms. The van der Waals surface area contributed by atoms with Crippen molar-refractivity contribution in [2.24, 2.45) is 0 Å². The molecular weight excluding hydrogens is 217 g/mol. The second-order valence-electron chi connectivity index (χ2n) is 4.61. The van der Waals surface area contributed by atoms with Crippen LogP contribution in [-0.2, 0) is 6.54 Å². The highest BCUT2D eigenvalue weighted by molar-refractivity contribution is 5.09. The molecule has 0 saturated carbocycles. The monoisotopic (exact) mass is 237 g/mol. The summed E-state index contributed by atoms with van der Waals surface area (Å²) in [6, 6.07) is 3.25. The lowest BCUT2D eigenvalue weighted by Crippen LogP contribution is -2.45. The fourth-order valence-electron chi connectivity index (χ4n) is 2.25. The van der Waals surface area contributed by atoms with Gasteiger partial charge in [-0.2, -0.15) is 4.39 Å². The number of hydrogen-bond acceptors (Lipinski definition) is 3. The SMILES string of the molecule is CCCN1CCN(Cc2ccc(F)nc2)CC1. The van der Waals surface area contributed by atoms with E-state index in [0.29, 0.717) is 0 Å². The van der Waals surface area contributed by atoms with Crippen molar-refractivity contribution < 1.29 is 4.39 Å². The lowest BCUT2D eigenvalue weighted by Gasteiger charge is -2.34. The maximum absolute atomic E-state index is 12.7. The summed E-state index contributed by atoms with van der Waals surface area (Å²) in [5, 5.41) is 0. The summed E-state index contributed by atoms with van der Waals surface area (Å²) in [6.07, 6.45) is 2.86. The van der Waals surface area contributed by atoms with Crippen LogP contribution in [0.3, 0.4) is 0 Å². The third kappa shape index (κ3) is 3.75. The Kier molecular flexibility index (Phi) is 4.45. The molecule has 4 heteroatoms. The van der Waals surface area contributed by atoms with Crippen molar-refractivity contribution >= 4 is 0 Å². The molecular formula is C13H20FN3. The Hall–Kier alpha value is -1.00. The minimum atomic E-state index is -0.401. The zero-order valence-corrected chi connectivity index (χ0v) is 10.4. The second kappa shape index (κ2) is 6.07. The predicted molar refractivity (Wildman–Crippen MR) is 66.2 cm³/mol. The maximum Gasteiger partial charge on any atom is 0.212 e. The van der Waals surface area contributed by atoms with Gasteiger partial charge in [-0.3, -0.25) is 4.90 Å². The molecule has 0 atom stereocenters. The van der Waals surface area contributed by atoms with E-state index in [4.69, 9.17) is 0 Å². The largest absolute Gasteiger partial charge is 0.301 e. The van der Waals surface area contributed by atoms with Crippen LogP contribution in [-0.4, -0.2) is 47.5 Å². The van der Waals surface area contributed by atoms with Crippen LogP contribution in [0.5, 0.6) is 0 Å². The number of piperazine rings is 1. The Bertz CT molecular complexity index is 331. The van der Waals surface area contributed by atoms with Crippen LogP contribution in [0.15, 0.2) is 18.3 Å². The number of aromatic nitrogens is 1. The average Bonchev–Trinajstić information content (AvgIpc) is 2.35. The molecule has 0 radical (unpaired) electrons. The van der Waals surface area contributed by atoms with Crippen molar-refractivity contribution in [2.75, 3.05) is 32.7 Å². The Morgan fingerprint density at radius 1 is 1.18 bits per heavy atom. The molecule has 1 aromatic rings. The topological polar surface area (TPSA) is 19.4 Å². The summed E-state index contributed by atoms with van der Waals surface area (Å²) in [5.41, 5.74) is 1.09. The highest BCUT2D eigenvalue weighted by atomic mass is 19.1. The predicted octanol–water partition coefficient (Wildman–Crippen LogP) is 1.75. The molecule has 0 aromatic carbocycles. The standard InChI is InChI=1S/C13H20FN3/c1-2-5-16-6-8-17(9-7-16)11-12-3-4-13(14)15-10-12/h3-4,10H,2,5-9,11H2,1H3. The lowest BCUT2D eigenvalue weighted by atomic mass is 10.2. The smallest absolute Gasteiger partial charge is 0.212 e. The van der Waals surface area contributed by atoms with Crippen molar-refractivity contribution in [3.05, 3.63) is 29.8 Å². The van der Waals surface area contributed by atoms with Crippen LogP contribution in [0.1, 0.15) is 18.9 Å². The van der Waals surface area contributed by atoms with E-state index in [0.717, 1.165) is 38.3 Å². The first kappa shape index (κ1) is 12.5. The molecule has 2 heterocycles. The number of rotatable bonds is 4. The van der Waals surface area contributed by atoms with Gasteiger partial charge in [0.1, 0.15) is 0 Å². The minimum absolute atomic E-state index is 0.401. The van der Waals surface area contributed by atoms with E-state index in [1.54, 1.807) is 6.20 Å². The van der Waals surface area contributed by atoms with E-state index >= 15 is 0 Å². The fourth-order valence-corrected chi connectivity index (χ4v) is 2.25. The van der Waals surface area contributed by atoms with Crippen LogP contribution in [0.2, 0.25) is 0 Å². The van der Waals surface area contributed by atoms with E-state index in [1.807, 2.05) is 6.07 Å². The quantitative estimate of drug-likeness (QED) is 0.744. The molecule has 94 valence electrons. The summed E-state index contributed by atoms with van der Waals surface area (Å²) < 4.78 is 12.7. The minimum Gasteiger partial charge on any atom is -0.301 e. The maximum atomic E-state index is 12.7. The molecule has 0 amide bonds. The van der Waals surface area contributed by atoms with Crippen molar-refractivity contribution in [2.45, 2.75) is 19.9 Å². The molecule has 1 aromatic heterocycles. The van der Waals surface area contributed by atoms with Crippen molar-refractivity contribution in [3.8, 4) is 0 Å². The van der Waals surface area contributed by atoms with Gasteiger partial charge in [-0.05, 0) is 24.6 Å². The van der Waals surface area contributed by atoms with E-state index in [-0.39, 0.29) is 0 Å². The summed E-state index contributed by atoms with van der Waals surface area (Å²) in [6.45, 7) is 8.77. The fraction of sp³-hybridized carbons (Fsp3) is 0.615. The molecule has 1 saturated heterocycles. The van der Waals surface area contributed by atoms with E-state index in [1.165, 1.54) is 19.0 Å². The highest BCUT2D eigenvalue weighted by Crippen LogP contribution is 2.08. The van der Waals surface area contributed by atoms with Crippen molar-refractivity contribution in [1.29, 1.82) is 0 Å². The first-order valence-electron chi connectivity index (χ1n) is 6.33. The summed E-state index contributed by atoms with van der Waals surface area (Å²) in [7, 11) is 0. The van der Waals surface area contributed by atoms with Gasteiger partial charge in [-0.1, -0.05) is 13.0 Å². The number of nitrogens with zero attached hydrogens (tertiary/aromatic N) is 3. The van der Waals surface area contributed by atoms with Crippen LogP contribution >= 0.6 is 0 Å². The van der Waals surface area contributed by atoms with Crippen LogP contribution in [0.25, 0.3) is 0 Å². The second-order valence-corrected chi connectivity index (χ2v) is 4.61. The van der Waals surface area contributed by atoms with Gasteiger partial charge in [0.15, 0.2) is 0 Å². The molecule has 1 aliphatic rings. The number of halogens is 1. The summed E-state index contributed by atoms with van der Waals surface area (Å²) in [5.74, 6) is -0.401. The van der Waals surface area contributed by atoms with Gasteiger partial charge in [0, 0.05) is 38.9 Å². The van der Waals surface area contributed by atoms with Gasteiger partial charge in [-0.25, -0.2) is 4.98 Å². The normalized spacial score (nSPS) is 18.5. The Morgan fingerprint density at radius 2 is 1.88 bits per heavy atom. The summed E-state index contributed by atoms with van der Waals surface area (Å²) >= 11 is 0. The Morgan fingerprint density at radius 3 is 2.47 bits per heavy atom. The molecule has 1 fully saturated rings. The van der Waals surface area contributed by atoms with E-state index in [2.05, 4.69) is 21.7 Å². The van der Waals surface area contributed by atoms with E-state index in [9.17, 15) is 4.39 Å². The lowest BCUT2D eigenvalue weighted by molar-refractivity contribution is 0.127. The number of pyridine rings is 1. The van der Waals surface area contributed by atoms with Gasteiger partial charge in [-0.15, -0.1) is 0 Å². The molecule has 3 nitrogen and oxygen atoms in total. The average molecular weight is 237 g/mol. The van der Waals surface area contributed by atoms with Crippen molar-refractivity contribution in [1.82, 2.24) is 14.8 Å². The molecule has 0 N–H and O–H groups in total. The van der Waals surface area contributed by atoms with Gasteiger partial charge < -0.3 is 4.90 Å². The third-order valence-electron chi connectivity index (χ3n) is 3.20. The Labute approximate surface area is 102 Å². The van der Waals surface area contributed by atoms with Gasteiger partial charge >= 0.3 is 0 Å². The number of hydrogen-bond donors (Lipinski definition) is 0. The first-order valence-corrected chi connectivity index (χ1v) is 6.33. The van der Waals surface area contributed by atoms with E-state index < -0.39 is 5.95 Å². The first-order chi connectivity index (χ1) is 8.28.